The maximum atomic E-state index is 12.3. The van der Waals surface area contributed by atoms with Crippen LogP contribution in [0.4, 0.5) is 0 Å². The number of hydrogen-bond acceptors (Lipinski definition) is 5. The number of ether oxygens (including phenoxy) is 1. The number of nitrogens with one attached hydrogen (secondary N) is 2. The quantitative estimate of drug-likeness (QED) is 0.448. The van der Waals surface area contributed by atoms with Crippen molar-refractivity contribution in [2.75, 3.05) is 13.1 Å². The summed E-state index contributed by atoms with van der Waals surface area (Å²) in [6, 6.07) is 10.9. The molecule has 3 rings (SSSR count). The number of rotatable bonds is 8. The van der Waals surface area contributed by atoms with Crippen LogP contribution in [0.3, 0.4) is 0 Å². The van der Waals surface area contributed by atoms with Gasteiger partial charge in [0.05, 0.1) is 17.6 Å². The second kappa shape index (κ2) is 10.9. The highest BCUT2D eigenvalue weighted by molar-refractivity contribution is 6.30. The molecular weight excluding hydrogens is 436 g/mol. The van der Waals surface area contributed by atoms with Gasteiger partial charge in [-0.25, -0.2) is 0 Å². The van der Waals surface area contributed by atoms with E-state index in [0.717, 1.165) is 0 Å². The largest absolute Gasteiger partial charge is 0.507 e. The van der Waals surface area contributed by atoms with Crippen molar-refractivity contribution in [1.29, 1.82) is 0 Å². The Morgan fingerprint density at radius 3 is 2.16 bits per heavy atom. The minimum Gasteiger partial charge on any atom is -0.507 e. The number of aliphatic carboxylic acids is 1. The van der Waals surface area contributed by atoms with Crippen LogP contribution in [0.2, 0.25) is 5.02 Å². The summed E-state index contributed by atoms with van der Waals surface area (Å²) < 4.78 is 5.90. The van der Waals surface area contributed by atoms with Gasteiger partial charge in [-0.1, -0.05) is 11.6 Å². The molecule has 0 unspecified atom stereocenters. The first-order valence-corrected chi connectivity index (χ1v) is 10.8. The molecule has 0 radical (unpaired) electrons. The van der Waals surface area contributed by atoms with E-state index in [4.69, 9.17) is 21.4 Å². The van der Waals surface area contributed by atoms with E-state index in [2.05, 4.69) is 10.6 Å². The lowest BCUT2D eigenvalue weighted by Crippen LogP contribution is -2.34. The lowest BCUT2D eigenvalue weighted by Gasteiger charge is -2.26. The van der Waals surface area contributed by atoms with E-state index >= 15 is 0 Å². The molecule has 1 fully saturated rings. The van der Waals surface area contributed by atoms with Crippen molar-refractivity contribution in [3.05, 3.63) is 58.6 Å². The Balaban J connectivity index is 1.40. The smallest absolute Gasteiger partial charge is 0.306 e. The van der Waals surface area contributed by atoms with Gasteiger partial charge in [0, 0.05) is 23.7 Å². The van der Waals surface area contributed by atoms with E-state index in [1.54, 1.807) is 24.3 Å². The average molecular weight is 461 g/mol. The minimum atomic E-state index is -0.749. The third-order valence-electron chi connectivity index (χ3n) is 5.34. The molecule has 8 nitrogen and oxygen atoms in total. The number of phenols is 1. The predicted molar refractivity (Wildman–Crippen MR) is 118 cm³/mol. The van der Waals surface area contributed by atoms with Gasteiger partial charge < -0.3 is 25.6 Å². The SMILES string of the molecule is O=C(NCCNC(=O)c1ccc(Cl)cc1O)c1ccc(O[C@H]2CC[C@@H](C(=O)O)CC2)cc1. The number of carbonyl (C=O) groups excluding carboxylic acids is 2. The van der Waals surface area contributed by atoms with Crippen LogP contribution in [0.5, 0.6) is 11.5 Å². The number of carboxylic acids is 1. The monoisotopic (exact) mass is 460 g/mol. The number of phenolic OH excluding ortho intramolecular Hbond substituents is 1. The highest BCUT2D eigenvalue weighted by Gasteiger charge is 2.26. The van der Waals surface area contributed by atoms with Crippen LogP contribution in [0, 0.1) is 5.92 Å². The molecule has 1 aliphatic rings. The second-order valence-corrected chi connectivity index (χ2v) is 8.06. The Morgan fingerprint density at radius 1 is 0.938 bits per heavy atom. The normalized spacial score (nSPS) is 17.9. The first kappa shape index (κ1) is 23.4. The molecule has 1 saturated carbocycles. The summed E-state index contributed by atoms with van der Waals surface area (Å²) in [5.74, 6) is -1.37. The zero-order valence-corrected chi connectivity index (χ0v) is 18.1. The van der Waals surface area contributed by atoms with Crippen LogP contribution < -0.4 is 15.4 Å². The molecule has 170 valence electrons. The number of aromatic hydroxyl groups is 1. The number of halogens is 1. The molecule has 0 saturated heterocycles. The van der Waals surface area contributed by atoms with Crippen molar-refractivity contribution in [2.24, 2.45) is 5.92 Å². The zero-order chi connectivity index (χ0) is 23.1. The molecule has 0 spiro atoms. The van der Waals surface area contributed by atoms with Gasteiger partial charge in [0.15, 0.2) is 0 Å². The highest BCUT2D eigenvalue weighted by atomic mass is 35.5. The van der Waals surface area contributed by atoms with Crippen LogP contribution in [0.15, 0.2) is 42.5 Å². The molecule has 1 aliphatic carbocycles. The molecule has 2 amide bonds. The summed E-state index contributed by atoms with van der Waals surface area (Å²) in [6.45, 7) is 0.400. The lowest BCUT2D eigenvalue weighted by molar-refractivity contribution is -0.143. The van der Waals surface area contributed by atoms with E-state index < -0.39 is 11.9 Å². The van der Waals surface area contributed by atoms with Crippen molar-refractivity contribution in [3.8, 4) is 11.5 Å². The Kier molecular flexibility index (Phi) is 7.94. The topological polar surface area (TPSA) is 125 Å². The van der Waals surface area contributed by atoms with E-state index in [-0.39, 0.29) is 42.3 Å². The Labute approximate surface area is 190 Å². The molecule has 0 heterocycles. The van der Waals surface area contributed by atoms with Gasteiger partial charge >= 0.3 is 5.97 Å². The van der Waals surface area contributed by atoms with Crippen molar-refractivity contribution < 1.29 is 29.3 Å². The summed E-state index contributed by atoms with van der Waals surface area (Å²) in [4.78, 5) is 35.4. The minimum absolute atomic E-state index is 0.0195. The molecule has 0 bridgehead atoms. The van der Waals surface area contributed by atoms with Crippen molar-refractivity contribution in [3.63, 3.8) is 0 Å². The number of amides is 2. The summed E-state index contributed by atoms with van der Waals surface area (Å²) in [6.07, 6.45) is 2.58. The fraction of sp³-hybridized carbons (Fsp3) is 0.348. The van der Waals surface area contributed by atoms with E-state index in [1.165, 1.54) is 18.2 Å². The van der Waals surface area contributed by atoms with Crippen LogP contribution in [-0.4, -0.2) is 47.2 Å². The second-order valence-electron chi connectivity index (χ2n) is 7.63. The zero-order valence-electron chi connectivity index (χ0n) is 17.3. The van der Waals surface area contributed by atoms with Crippen molar-refractivity contribution >= 4 is 29.4 Å². The predicted octanol–water partition coefficient (Wildman–Crippen LogP) is 3.23. The molecule has 9 heteroatoms. The summed E-state index contributed by atoms with van der Waals surface area (Å²) >= 11 is 5.75. The number of hydrogen-bond donors (Lipinski definition) is 4. The van der Waals surface area contributed by atoms with Crippen LogP contribution in [-0.2, 0) is 4.79 Å². The first-order valence-electron chi connectivity index (χ1n) is 10.4. The molecule has 2 aromatic carbocycles. The number of carbonyl (C=O) groups is 3. The fourth-order valence-corrected chi connectivity index (χ4v) is 3.72. The summed E-state index contributed by atoms with van der Waals surface area (Å²) in [7, 11) is 0. The van der Waals surface area contributed by atoms with Gasteiger partial charge in [-0.3, -0.25) is 14.4 Å². The van der Waals surface area contributed by atoms with Gasteiger partial charge in [0.2, 0.25) is 0 Å². The van der Waals surface area contributed by atoms with Gasteiger partial charge in [-0.2, -0.15) is 0 Å². The highest BCUT2D eigenvalue weighted by Crippen LogP contribution is 2.28. The summed E-state index contributed by atoms with van der Waals surface area (Å²) in [5.41, 5.74) is 0.557. The maximum Gasteiger partial charge on any atom is 0.306 e. The number of carboxylic acid groups (broad SMARTS) is 1. The molecule has 0 atom stereocenters. The molecule has 32 heavy (non-hydrogen) atoms. The Hall–Kier alpha value is -3.26. The van der Waals surface area contributed by atoms with Crippen LogP contribution in [0.1, 0.15) is 46.4 Å². The molecule has 4 N–H and O–H groups in total. The van der Waals surface area contributed by atoms with E-state index in [9.17, 15) is 19.5 Å². The number of benzene rings is 2. The summed E-state index contributed by atoms with van der Waals surface area (Å²) in [5, 5.41) is 24.5. The van der Waals surface area contributed by atoms with Crippen LogP contribution in [0.25, 0.3) is 0 Å². The Bertz CT molecular complexity index is 971. The third-order valence-corrected chi connectivity index (χ3v) is 5.58. The molecule has 0 aliphatic heterocycles. The molecule has 0 aromatic heterocycles. The van der Waals surface area contributed by atoms with Crippen molar-refractivity contribution in [1.82, 2.24) is 10.6 Å². The first-order chi connectivity index (χ1) is 15.3. The third kappa shape index (κ3) is 6.37. The van der Waals surface area contributed by atoms with E-state index in [0.29, 0.717) is 42.0 Å². The standard InChI is InChI=1S/C23H25ClN2O6/c24-16-5-10-19(20(27)13-16)22(29)26-12-11-25-21(28)14-1-6-17(7-2-14)32-18-8-3-15(4-9-18)23(30)31/h1-2,5-7,10,13,15,18,27H,3-4,8-9,11-12H2,(H,25,28)(H,26,29)(H,30,31)/t15-,18+. The van der Waals surface area contributed by atoms with E-state index in [1.807, 2.05) is 0 Å². The van der Waals surface area contributed by atoms with Gasteiger partial charge in [-0.15, -0.1) is 0 Å². The average Bonchev–Trinajstić information content (AvgIpc) is 2.77. The molecular formula is C23H25ClN2O6. The maximum absolute atomic E-state index is 12.3. The lowest BCUT2D eigenvalue weighted by atomic mass is 9.87. The van der Waals surface area contributed by atoms with Crippen molar-refractivity contribution in [2.45, 2.75) is 31.8 Å². The van der Waals surface area contributed by atoms with Gasteiger partial charge in [0.1, 0.15) is 11.5 Å². The Morgan fingerprint density at radius 2 is 1.56 bits per heavy atom. The van der Waals surface area contributed by atoms with Crippen LogP contribution >= 0.6 is 11.6 Å². The molecule has 2 aromatic rings. The van der Waals surface area contributed by atoms with Gasteiger partial charge in [-0.05, 0) is 68.1 Å². The van der Waals surface area contributed by atoms with Gasteiger partial charge in [0.25, 0.3) is 11.8 Å². The fourth-order valence-electron chi connectivity index (χ4n) is 3.55.